The Labute approximate surface area is 121 Å². The number of rotatable bonds is 4. The van der Waals surface area contributed by atoms with E-state index in [0.29, 0.717) is 18.9 Å². The molecule has 1 saturated carbocycles. The van der Waals surface area contributed by atoms with Crippen LogP contribution in [0.4, 0.5) is 14.5 Å². The van der Waals surface area contributed by atoms with Crippen LogP contribution in [0.5, 0.6) is 0 Å². The van der Waals surface area contributed by atoms with Crippen molar-refractivity contribution < 1.29 is 23.5 Å². The zero-order valence-corrected chi connectivity index (χ0v) is 11.6. The molecule has 2 N–H and O–H groups in total. The Hall–Kier alpha value is -1.98. The van der Waals surface area contributed by atoms with E-state index in [-0.39, 0.29) is 11.6 Å². The van der Waals surface area contributed by atoms with Crippen LogP contribution in [0.25, 0.3) is 0 Å². The average Bonchev–Trinajstić information content (AvgIpc) is 2.81. The summed E-state index contributed by atoms with van der Waals surface area (Å²) in [7, 11) is 0. The van der Waals surface area contributed by atoms with Gasteiger partial charge in [0.15, 0.2) is 0 Å². The number of nitrogens with one attached hydrogen (secondary N) is 1. The molecular weight excluding hydrogens is 280 g/mol. The summed E-state index contributed by atoms with van der Waals surface area (Å²) in [5, 5.41) is 11.6. The first-order chi connectivity index (χ1) is 9.90. The fourth-order valence-corrected chi connectivity index (χ4v) is 2.90. The van der Waals surface area contributed by atoms with Crippen LogP contribution in [-0.2, 0) is 9.59 Å². The van der Waals surface area contributed by atoms with Crippen LogP contribution < -0.4 is 5.32 Å². The maximum atomic E-state index is 13.1. The molecule has 3 atom stereocenters. The molecule has 2 rings (SSSR count). The Morgan fingerprint density at radius 1 is 1.19 bits per heavy atom. The molecule has 1 aromatic rings. The molecule has 0 bridgehead atoms. The molecule has 0 spiro atoms. The molecule has 114 valence electrons. The Morgan fingerprint density at radius 2 is 1.76 bits per heavy atom. The average molecular weight is 297 g/mol. The van der Waals surface area contributed by atoms with E-state index in [9.17, 15) is 23.5 Å². The first kappa shape index (κ1) is 15.4. The molecule has 6 heteroatoms. The first-order valence-electron chi connectivity index (χ1n) is 6.90. The van der Waals surface area contributed by atoms with Crippen molar-refractivity contribution in [2.24, 2.45) is 17.8 Å². The second-order valence-electron chi connectivity index (χ2n) is 5.44. The summed E-state index contributed by atoms with van der Waals surface area (Å²) < 4.78 is 26.2. The van der Waals surface area contributed by atoms with Gasteiger partial charge in [0, 0.05) is 11.8 Å². The standard InChI is InChI=1S/C15H17F2NO3/c1-2-8-3-12(13(4-8)15(20)21)14(19)18-11-6-9(16)5-10(17)7-11/h5-8,12-13H,2-4H2,1H3,(H,18,19)(H,20,21)/t8?,12-,13+/m0/s1. The number of hydrogen-bond acceptors (Lipinski definition) is 2. The number of amides is 1. The zero-order valence-electron chi connectivity index (χ0n) is 11.6. The minimum absolute atomic E-state index is 0.00147. The summed E-state index contributed by atoms with van der Waals surface area (Å²) in [5.74, 6) is -4.31. The van der Waals surface area contributed by atoms with Gasteiger partial charge in [-0.2, -0.15) is 0 Å². The molecule has 1 aliphatic carbocycles. The van der Waals surface area contributed by atoms with Crippen LogP contribution in [0.1, 0.15) is 26.2 Å². The van der Waals surface area contributed by atoms with E-state index >= 15 is 0 Å². The maximum absolute atomic E-state index is 13.1. The number of carbonyl (C=O) groups excluding carboxylic acids is 1. The molecule has 0 heterocycles. The first-order valence-corrected chi connectivity index (χ1v) is 6.90. The van der Waals surface area contributed by atoms with Crippen LogP contribution in [0.3, 0.4) is 0 Å². The topological polar surface area (TPSA) is 66.4 Å². The van der Waals surface area contributed by atoms with Crippen LogP contribution in [-0.4, -0.2) is 17.0 Å². The second-order valence-corrected chi connectivity index (χ2v) is 5.44. The summed E-state index contributed by atoms with van der Waals surface area (Å²) in [6.45, 7) is 1.95. The van der Waals surface area contributed by atoms with E-state index in [1.54, 1.807) is 0 Å². The van der Waals surface area contributed by atoms with Crippen molar-refractivity contribution in [3.8, 4) is 0 Å². The van der Waals surface area contributed by atoms with E-state index in [1.807, 2.05) is 6.92 Å². The molecule has 1 amide bonds. The second kappa shape index (κ2) is 6.20. The van der Waals surface area contributed by atoms with Crippen LogP contribution in [0, 0.1) is 29.4 Å². The van der Waals surface area contributed by atoms with Gasteiger partial charge in [0.2, 0.25) is 5.91 Å². The van der Waals surface area contributed by atoms with Crippen LogP contribution in [0.2, 0.25) is 0 Å². The predicted octanol–water partition coefficient (Wildman–Crippen LogP) is 3.04. The van der Waals surface area contributed by atoms with Crippen molar-refractivity contribution >= 4 is 17.6 Å². The minimum Gasteiger partial charge on any atom is -0.481 e. The van der Waals surface area contributed by atoms with Crippen molar-refractivity contribution in [1.82, 2.24) is 0 Å². The molecule has 0 aliphatic heterocycles. The van der Waals surface area contributed by atoms with Crippen molar-refractivity contribution in [2.45, 2.75) is 26.2 Å². The summed E-state index contributed by atoms with van der Waals surface area (Å²) in [6.07, 6.45) is 1.75. The van der Waals surface area contributed by atoms with Gasteiger partial charge in [-0.05, 0) is 30.9 Å². The smallest absolute Gasteiger partial charge is 0.307 e. The lowest BCUT2D eigenvalue weighted by atomic mass is 9.95. The Kier molecular flexibility index (Phi) is 4.55. The Bertz CT molecular complexity index is 542. The summed E-state index contributed by atoms with van der Waals surface area (Å²) >= 11 is 0. The largest absolute Gasteiger partial charge is 0.481 e. The minimum atomic E-state index is -1.00. The van der Waals surface area contributed by atoms with E-state index in [0.717, 1.165) is 18.6 Å². The summed E-state index contributed by atoms with van der Waals surface area (Å²) in [6, 6.07) is 2.71. The SMILES string of the molecule is CCC1C[C@H](C(=O)Nc2cc(F)cc(F)c2)[C@H](C(=O)O)C1. The highest BCUT2D eigenvalue weighted by atomic mass is 19.1. The summed E-state index contributed by atoms with van der Waals surface area (Å²) in [5.41, 5.74) is 0.00147. The van der Waals surface area contributed by atoms with E-state index in [4.69, 9.17) is 0 Å². The van der Waals surface area contributed by atoms with Crippen molar-refractivity contribution in [2.75, 3.05) is 5.32 Å². The van der Waals surface area contributed by atoms with Gasteiger partial charge in [-0.25, -0.2) is 8.78 Å². The normalized spacial score (nSPS) is 24.8. The number of aliphatic carboxylic acids is 1. The van der Waals surface area contributed by atoms with Gasteiger partial charge in [-0.3, -0.25) is 9.59 Å². The van der Waals surface area contributed by atoms with Crippen molar-refractivity contribution in [3.05, 3.63) is 29.8 Å². The van der Waals surface area contributed by atoms with Crippen molar-refractivity contribution in [1.29, 1.82) is 0 Å². The quantitative estimate of drug-likeness (QED) is 0.897. The van der Waals surface area contributed by atoms with E-state index in [2.05, 4.69) is 5.32 Å². The van der Waals surface area contributed by atoms with Gasteiger partial charge in [0.05, 0.1) is 11.8 Å². The molecule has 1 aliphatic rings. The highest BCUT2D eigenvalue weighted by Gasteiger charge is 2.42. The molecule has 1 aromatic carbocycles. The lowest BCUT2D eigenvalue weighted by Crippen LogP contribution is -2.30. The molecule has 0 aromatic heterocycles. The summed E-state index contributed by atoms with van der Waals surface area (Å²) in [4.78, 5) is 23.4. The Balaban J connectivity index is 2.13. The number of anilines is 1. The third-order valence-electron chi connectivity index (χ3n) is 4.02. The molecule has 0 saturated heterocycles. The molecular formula is C15H17F2NO3. The van der Waals surface area contributed by atoms with E-state index < -0.39 is 35.3 Å². The molecule has 1 unspecified atom stereocenters. The number of carboxylic acid groups (broad SMARTS) is 1. The lowest BCUT2D eigenvalue weighted by molar-refractivity contribution is -0.145. The monoisotopic (exact) mass is 297 g/mol. The van der Waals surface area contributed by atoms with Crippen LogP contribution >= 0.6 is 0 Å². The van der Waals surface area contributed by atoms with Crippen LogP contribution in [0.15, 0.2) is 18.2 Å². The number of hydrogen-bond donors (Lipinski definition) is 2. The van der Waals surface area contributed by atoms with Gasteiger partial charge < -0.3 is 10.4 Å². The molecule has 21 heavy (non-hydrogen) atoms. The third-order valence-corrected chi connectivity index (χ3v) is 4.02. The van der Waals surface area contributed by atoms with Gasteiger partial charge in [0.1, 0.15) is 11.6 Å². The highest BCUT2D eigenvalue weighted by molar-refractivity contribution is 5.95. The predicted molar refractivity (Wildman–Crippen MR) is 72.6 cm³/mol. The fraction of sp³-hybridized carbons (Fsp3) is 0.467. The van der Waals surface area contributed by atoms with Gasteiger partial charge in [0.25, 0.3) is 0 Å². The van der Waals surface area contributed by atoms with Crippen molar-refractivity contribution in [3.63, 3.8) is 0 Å². The third kappa shape index (κ3) is 3.56. The van der Waals surface area contributed by atoms with Gasteiger partial charge in [-0.15, -0.1) is 0 Å². The number of halogens is 2. The van der Waals surface area contributed by atoms with Gasteiger partial charge >= 0.3 is 5.97 Å². The Morgan fingerprint density at radius 3 is 2.29 bits per heavy atom. The van der Waals surface area contributed by atoms with Gasteiger partial charge in [-0.1, -0.05) is 13.3 Å². The number of carbonyl (C=O) groups is 2. The molecule has 4 nitrogen and oxygen atoms in total. The highest BCUT2D eigenvalue weighted by Crippen LogP contribution is 2.39. The molecule has 1 fully saturated rings. The number of benzene rings is 1. The molecule has 0 radical (unpaired) electrons. The maximum Gasteiger partial charge on any atom is 0.307 e. The van der Waals surface area contributed by atoms with E-state index in [1.165, 1.54) is 0 Å². The fourth-order valence-electron chi connectivity index (χ4n) is 2.90. The zero-order chi connectivity index (χ0) is 15.6. The number of carboxylic acids is 1. The lowest BCUT2D eigenvalue weighted by Gasteiger charge is -2.15.